The number of anilines is 1. The van der Waals surface area contributed by atoms with Gasteiger partial charge in [-0.25, -0.2) is 0 Å². The average molecular weight is 407 g/mol. The normalized spacial score (nSPS) is 12.8. The molecular formula is C22H21N3O5. The highest BCUT2D eigenvalue weighted by atomic mass is 16.5. The Morgan fingerprint density at radius 1 is 1.03 bits per heavy atom. The number of carbonyl (C=O) groups excluding carboxylic acids is 2. The lowest BCUT2D eigenvalue weighted by atomic mass is 10.2. The van der Waals surface area contributed by atoms with Crippen molar-refractivity contribution in [2.24, 2.45) is 0 Å². The molecule has 1 aliphatic rings. The van der Waals surface area contributed by atoms with Crippen LogP contribution in [-0.4, -0.2) is 30.1 Å². The largest absolute Gasteiger partial charge is 0.497 e. The minimum Gasteiger partial charge on any atom is -0.497 e. The number of nitrogens with zero attached hydrogens (tertiary/aromatic N) is 1. The smallest absolute Gasteiger partial charge is 0.273 e. The van der Waals surface area contributed by atoms with Gasteiger partial charge >= 0.3 is 0 Å². The number of rotatable bonds is 8. The van der Waals surface area contributed by atoms with Gasteiger partial charge in [0, 0.05) is 23.4 Å². The van der Waals surface area contributed by atoms with E-state index in [9.17, 15) is 9.59 Å². The molecule has 2 aromatic carbocycles. The fourth-order valence-electron chi connectivity index (χ4n) is 2.71. The average Bonchev–Trinajstić information content (AvgIpc) is 3.46. The van der Waals surface area contributed by atoms with Gasteiger partial charge in [-0.15, -0.1) is 0 Å². The van der Waals surface area contributed by atoms with Crippen LogP contribution in [0.2, 0.25) is 0 Å². The molecule has 2 amide bonds. The van der Waals surface area contributed by atoms with Gasteiger partial charge in [0.1, 0.15) is 18.1 Å². The third-order valence-electron chi connectivity index (χ3n) is 4.55. The van der Waals surface area contributed by atoms with Crippen LogP contribution >= 0.6 is 0 Å². The molecule has 0 aliphatic heterocycles. The molecule has 3 aromatic rings. The molecule has 0 radical (unpaired) electrons. The summed E-state index contributed by atoms with van der Waals surface area (Å²) in [5.74, 6) is 1.29. The molecule has 154 valence electrons. The summed E-state index contributed by atoms with van der Waals surface area (Å²) in [5.41, 5.74) is 1.42. The first-order valence-electron chi connectivity index (χ1n) is 9.55. The molecule has 8 heteroatoms. The summed E-state index contributed by atoms with van der Waals surface area (Å²) < 4.78 is 15.9. The van der Waals surface area contributed by atoms with Gasteiger partial charge in [-0.2, -0.15) is 0 Å². The molecule has 0 atom stereocenters. The minimum atomic E-state index is -0.232. The zero-order valence-corrected chi connectivity index (χ0v) is 16.4. The van der Waals surface area contributed by atoms with Crippen LogP contribution < -0.4 is 20.1 Å². The van der Waals surface area contributed by atoms with E-state index in [-0.39, 0.29) is 30.2 Å². The van der Waals surface area contributed by atoms with Gasteiger partial charge in [0.15, 0.2) is 11.5 Å². The van der Waals surface area contributed by atoms with Gasteiger partial charge in [-0.05, 0) is 61.4 Å². The topological polar surface area (TPSA) is 103 Å². The first-order valence-corrected chi connectivity index (χ1v) is 9.55. The van der Waals surface area contributed by atoms with Gasteiger partial charge in [-0.1, -0.05) is 5.16 Å². The monoisotopic (exact) mass is 407 g/mol. The molecule has 4 rings (SSSR count). The predicted octanol–water partition coefficient (Wildman–Crippen LogP) is 3.41. The van der Waals surface area contributed by atoms with Crippen LogP contribution in [0, 0.1) is 0 Å². The number of hydrogen-bond donors (Lipinski definition) is 2. The second-order valence-electron chi connectivity index (χ2n) is 6.92. The number of hydrogen-bond acceptors (Lipinski definition) is 6. The standard InChI is InChI=1S/C22H21N3O5/c1-28-17-8-2-14(3-9-17)21(26)23-16-6-10-18(11-7-16)29-13-19-12-20(25-30-19)22(27)24-15-4-5-15/h2-3,6-12,15H,4-5,13H2,1H3,(H,23,26)(H,24,27). The minimum absolute atomic E-state index is 0.140. The van der Waals surface area contributed by atoms with E-state index in [1.165, 1.54) is 0 Å². The number of nitrogens with one attached hydrogen (secondary N) is 2. The van der Waals surface area contributed by atoms with Crippen LogP contribution in [0.25, 0.3) is 0 Å². The Balaban J connectivity index is 1.28. The van der Waals surface area contributed by atoms with Crippen molar-refractivity contribution in [3.05, 3.63) is 71.6 Å². The second-order valence-corrected chi connectivity index (χ2v) is 6.92. The highest BCUT2D eigenvalue weighted by molar-refractivity contribution is 6.04. The van der Waals surface area contributed by atoms with Crippen molar-refractivity contribution in [3.63, 3.8) is 0 Å². The summed E-state index contributed by atoms with van der Waals surface area (Å²) in [6.45, 7) is 0.140. The van der Waals surface area contributed by atoms with E-state index in [0.717, 1.165) is 12.8 Å². The van der Waals surface area contributed by atoms with Crippen LogP contribution in [0.15, 0.2) is 59.1 Å². The van der Waals surface area contributed by atoms with E-state index in [1.54, 1.807) is 61.7 Å². The molecule has 0 bridgehead atoms. The molecule has 1 aliphatic carbocycles. The van der Waals surface area contributed by atoms with Crippen molar-refractivity contribution in [1.82, 2.24) is 10.5 Å². The summed E-state index contributed by atoms with van der Waals surface area (Å²) in [7, 11) is 1.58. The van der Waals surface area contributed by atoms with Crippen molar-refractivity contribution in [3.8, 4) is 11.5 Å². The fourth-order valence-corrected chi connectivity index (χ4v) is 2.71. The van der Waals surface area contributed by atoms with Gasteiger partial charge < -0.3 is 24.6 Å². The highest BCUT2D eigenvalue weighted by Crippen LogP contribution is 2.20. The lowest BCUT2D eigenvalue weighted by Gasteiger charge is -2.08. The van der Waals surface area contributed by atoms with Crippen LogP contribution in [0.1, 0.15) is 39.4 Å². The first kappa shape index (κ1) is 19.5. The lowest BCUT2D eigenvalue weighted by molar-refractivity contribution is 0.0941. The zero-order valence-electron chi connectivity index (χ0n) is 16.4. The number of benzene rings is 2. The molecule has 0 spiro atoms. The first-order chi connectivity index (χ1) is 14.6. The van der Waals surface area contributed by atoms with E-state index in [0.29, 0.717) is 28.5 Å². The maximum atomic E-state index is 12.3. The second kappa shape index (κ2) is 8.69. The maximum absolute atomic E-state index is 12.3. The predicted molar refractivity (Wildman–Crippen MR) is 109 cm³/mol. The molecule has 1 heterocycles. The Bertz CT molecular complexity index is 1020. The van der Waals surface area contributed by atoms with Crippen molar-refractivity contribution < 1.29 is 23.6 Å². The molecule has 30 heavy (non-hydrogen) atoms. The summed E-state index contributed by atoms with van der Waals surface area (Å²) in [6.07, 6.45) is 2.02. The number of methoxy groups -OCH3 is 1. The molecule has 1 aromatic heterocycles. The van der Waals surface area contributed by atoms with Crippen LogP contribution in [-0.2, 0) is 6.61 Å². The van der Waals surface area contributed by atoms with E-state index >= 15 is 0 Å². The zero-order chi connectivity index (χ0) is 20.9. The molecule has 8 nitrogen and oxygen atoms in total. The molecule has 2 N–H and O–H groups in total. The fraction of sp³-hybridized carbons (Fsp3) is 0.227. The molecular weight excluding hydrogens is 386 g/mol. The van der Waals surface area contributed by atoms with E-state index in [2.05, 4.69) is 15.8 Å². The summed E-state index contributed by atoms with van der Waals surface area (Å²) >= 11 is 0. The highest BCUT2D eigenvalue weighted by Gasteiger charge is 2.25. The van der Waals surface area contributed by atoms with E-state index in [4.69, 9.17) is 14.0 Å². The summed E-state index contributed by atoms with van der Waals surface area (Å²) in [5, 5.41) is 9.45. The number of aromatic nitrogens is 1. The molecule has 1 saturated carbocycles. The molecule has 0 saturated heterocycles. The Labute approximate surface area is 173 Å². The van der Waals surface area contributed by atoms with Gasteiger partial charge in [0.2, 0.25) is 0 Å². The van der Waals surface area contributed by atoms with Crippen LogP contribution in [0.5, 0.6) is 11.5 Å². The maximum Gasteiger partial charge on any atom is 0.273 e. The van der Waals surface area contributed by atoms with Crippen molar-refractivity contribution >= 4 is 17.5 Å². The van der Waals surface area contributed by atoms with Crippen molar-refractivity contribution in [1.29, 1.82) is 0 Å². The summed E-state index contributed by atoms with van der Waals surface area (Å²) in [4.78, 5) is 24.2. The third kappa shape index (κ3) is 4.96. The van der Waals surface area contributed by atoms with Crippen molar-refractivity contribution in [2.45, 2.75) is 25.5 Å². The SMILES string of the molecule is COc1ccc(C(=O)Nc2ccc(OCc3cc(C(=O)NC4CC4)no3)cc2)cc1. The Hall–Kier alpha value is -3.81. The van der Waals surface area contributed by atoms with Crippen LogP contribution in [0.4, 0.5) is 5.69 Å². The van der Waals surface area contributed by atoms with E-state index < -0.39 is 0 Å². The van der Waals surface area contributed by atoms with Crippen LogP contribution in [0.3, 0.4) is 0 Å². The number of carbonyl (C=O) groups is 2. The van der Waals surface area contributed by atoms with Gasteiger partial charge in [-0.3, -0.25) is 9.59 Å². The summed E-state index contributed by atoms with van der Waals surface area (Å²) in [6, 6.07) is 15.6. The van der Waals surface area contributed by atoms with E-state index in [1.807, 2.05) is 0 Å². The quantitative estimate of drug-likeness (QED) is 0.593. The Morgan fingerprint density at radius 3 is 2.40 bits per heavy atom. The molecule has 1 fully saturated rings. The lowest BCUT2D eigenvalue weighted by Crippen LogP contribution is -2.25. The molecule has 0 unspecified atom stereocenters. The Kier molecular flexibility index (Phi) is 5.65. The van der Waals surface area contributed by atoms with Crippen molar-refractivity contribution in [2.75, 3.05) is 12.4 Å². The third-order valence-corrected chi connectivity index (χ3v) is 4.55. The number of amides is 2. The van der Waals surface area contributed by atoms with Gasteiger partial charge in [0.05, 0.1) is 7.11 Å². The number of ether oxygens (including phenoxy) is 2. The Morgan fingerprint density at radius 2 is 1.73 bits per heavy atom. The van der Waals surface area contributed by atoms with Gasteiger partial charge in [0.25, 0.3) is 11.8 Å².